The zero-order valence-corrected chi connectivity index (χ0v) is 18.5. The lowest BCUT2D eigenvalue weighted by Gasteiger charge is -2.66. The molecule has 2 aromatic carbocycles. The molecule has 32 heavy (non-hydrogen) atoms. The lowest BCUT2D eigenvalue weighted by molar-refractivity contribution is -0.113. The second-order valence-electron chi connectivity index (χ2n) is 10.5. The Morgan fingerprint density at radius 2 is 1.53 bits per heavy atom. The summed E-state index contributed by atoms with van der Waals surface area (Å²) < 4.78 is 0. The first kappa shape index (κ1) is 20.8. The van der Waals surface area contributed by atoms with E-state index in [0.29, 0.717) is 11.0 Å². The van der Waals surface area contributed by atoms with E-state index < -0.39 is 11.9 Å². The van der Waals surface area contributed by atoms with Crippen molar-refractivity contribution in [2.24, 2.45) is 23.2 Å². The van der Waals surface area contributed by atoms with Crippen LogP contribution in [0.3, 0.4) is 0 Å². The molecule has 2 unspecified atom stereocenters. The fraction of sp³-hybridized carbons (Fsp3) is 0.429. The number of carboxylic acid groups (broad SMARTS) is 2. The SMILES string of the molecule is CC1(C)C2CC3CC(C2)CC1(c1ccc(C#Cc2ccc(C(=O)O)cc2C(=O)O)cc1)C3. The molecule has 0 heterocycles. The molecule has 0 amide bonds. The van der Waals surface area contributed by atoms with Crippen LogP contribution in [0.15, 0.2) is 42.5 Å². The van der Waals surface area contributed by atoms with Crippen molar-refractivity contribution in [3.63, 3.8) is 0 Å². The van der Waals surface area contributed by atoms with Crippen LogP contribution in [0.25, 0.3) is 0 Å². The number of carbonyl (C=O) groups is 2. The maximum atomic E-state index is 11.6. The molecule has 4 fully saturated rings. The first-order valence-corrected chi connectivity index (χ1v) is 11.4. The molecule has 2 atom stereocenters. The van der Waals surface area contributed by atoms with E-state index in [9.17, 15) is 14.7 Å². The molecule has 4 aliphatic carbocycles. The number of benzene rings is 2. The summed E-state index contributed by atoms with van der Waals surface area (Å²) in [6, 6.07) is 12.6. The highest BCUT2D eigenvalue weighted by atomic mass is 16.4. The van der Waals surface area contributed by atoms with Crippen molar-refractivity contribution >= 4 is 11.9 Å². The van der Waals surface area contributed by atoms with E-state index in [1.165, 1.54) is 49.8 Å². The first-order chi connectivity index (χ1) is 15.2. The summed E-state index contributed by atoms with van der Waals surface area (Å²) in [6.45, 7) is 4.94. The molecule has 4 saturated carbocycles. The van der Waals surface area contributed by atoms with Crippen molar-refractivity contribution in [1.29, 1.82) is 0 Å². The molecular weight excluding hydrogens is 400 g/mol. The Morgan fingerprint density at radius 1 is 0.875 bits per heavy atom. The number of hydrogen-bond donors (Lipinski definition) is 2. The van der Waals surface area contributed by atoms with Crippen LogP contribution in [0, 0.1) is 35.0 Å². The van der Waals surface area contributed by atoms with Gasteiger partial charge in [0.15, 0.2) is 0 Å². The number of rotatable bonds is 3. The molecule has 164 valence electrons. The van der Waals surface area contributed by atoms with Gasteiger partial charge < -0.3 is 10.2 Å². The highest BCUT2D eigenvalue weighted by Crippen LogP contribution is 2.68. The average Bonchev–Trinajstić information content (AvgIpc) is 2.75. The first-order valence-electron chi connectivity index (χ1n) is 11.4. The molecular formula is C28H28O4. The van der Waals surface area contributed by atoms with Gasteiger partial charge in [-0.15, -0.1) is 0 Å². The van der Waals surface area contributed by atoms with E-state index in [-0.39, 0.29) is 16.5 Å². The van der Waals surface area contributed by atoms with Gasteiger partial charge in [0.2, 0.25) is 0 Å². The van der Waals surface area contributed by atoms with Crippen molar-refractivity contribution in [3.05, 3.63) is 70.3 Å². The van der Waals surface area contributed by atoms with E-state index >= 15 is 0 Å². The minimum atomic E-state index is -1.18. The molecule has 0 saturated heterocycles. The van der Waals surface area contributed by atoms with E-state index in [1.54, 1.807) is 0 Å². The third kappa shape index (κ3) is 3.14. The minimum absolute atomic E-state index is 0.0597. The molecule has 4 heteroatoms. The van der Waals surface area contributed by atoms with Crippen molar-refractivity contribution in [3.8, 4) is 11.8 Å². The molecule has 2 N–H and O–H groups in total. The van der Waals surface area contributed by atoms with Gasteiger partial charge in [-0.3, -0.25) is 0 Å². The van der Waals surface area contributed by atoms with Crippen LogP contribution < -0.4 is 0 Å². The third-order valence-corrected chi connectivity index (χ3v) is 8.71. The minimum Gasteiger partial charge on any atom is -0.478 e. The summed E-state index contributed by atoms with van der Waals surface area (Å²) in [6.07, 6.45) is 6.76. The highest BCUT2D eigenvalue weighted by molar-refractivity contribution is 5.95. The van der Waals surface area contributed by atoms with Gasteiger partial charge in [0.25, 0.3) is 0 Å². The van der Waals surface area contributed by atoms with Crippen LogP contribution in [0.5, 0.6) is 0 Å². The van der Waals surface area contributed by atoms with Crippen molar-refractivity contribution in [1.82, 2.24) is 0 Å². The number of aromatic carboxylic acids is 2. The maximum absolute atomic E-state index is 11.6. The maximum Gasteiger partial charge on any atom is 0.336 e. The van der Waals surface area contributed by atoms with Gasteiger partial charge in [-0.1, -0.05) is 37.8 Å². The zero-order valence-electron chi connectivity index (χ0n) is 18.5. The second-order valence-corrected chi connectivity index (χ2v) is 10.5. The lowest BCUT2D eigenvalue weighted by Crippen LogP contribution is -2.59. The van der Waals surface area contributed by atoms with E-state index in [0.717, 1.165) is 29.4 Å². The zero-order chi connectivity index (χ0) is 22.7. The van der Waals surface area contributed by atoms with Crippen LogP contribution in [-0.4, -0.2) is 22.2 Å². The average molecular weight is 429 g/mol. The van der Waals surface area contributed by atoms with Crippen LogP contribution in [-0.2, 0) is 5.41 Å². The van der Waals surface area contributed by atoms with Gasteiger partial charge in [-0.05, 0) is 91.2 Å². The van der Waals surface area contributed by atoms with Gasteiger partial charge in [0.1, 0.15) is 0 Å². The number of hydrogen-bond acceptors (Lipinski definition) is 2. The fourth-order valence-corrected chi connectivity index (χ4v) is 7.06. The Balaban J connectivity index is 1.45. The predicted octanol–water partition coefficient (Wildman–Crippen LogP) is 5.59. The van der Waals surface area contributed by atoms with E-state index in [2.05, 4.69) is 37.8 Å². The van der Waals surface area contributed by atoms with Gasteiger partial charge in [0, 0.05) is 16.5 Å². The molecule has 6 rings (SSSR count). The summed E-state index contributed by atoms with van der Waals surface area (Å²) in [5, 5.41) is 18.6. The Kier molecular flexibility index (Phi) is 4.71. The standard InChI is InChI=1S/C28H28O4/c1-27(2)23-12-18-11-19(13-23)16-28(27,15-18)22-9-4-17(5-10-22)3-6-20-7-8-21(25(29)30)14-24(20)26(31)32/h4-5,7-10,14,18-19,23H,11-13,15-16H2,1-2H3,(H,29,30)(H,31,32). The van der Waals surface area contributed by atoms with Gasteiger partial charge >= 0.3 is 11.9 Å². The Bertz CT molecular complexity index is 1150. The smallest absolute Gasteiger partial charge is 0.336 e. The summed E-state index contributed by atoms with van der Waals surface area (Å²) >= 11 is 0. The summed E-state index contributed by atoms with van der Waals surface area (Å²) in [7, 11) is 0. The number of carboxylic acids is 2. The van der Waals surface area contributed by atoms with Gasteiger partial charge in [-0.25, -0.2) is 9.59 Å². The molecule has 4 aliphatic rings. The molecule has 4 nitrogen and oxygen atoms in total. The van der Waals surface area contributed by atoms with E-state index in [1.807, 2.05) is 12.1 Å². The van der Waals surface area contributed by atoms with Crippen LogP contribution in [0.1, 0.15) is 83.4 Å². The molecule has 0 radical (unpaired) electrons. The molecule has 4 bridgehead atoms. The van der Waals surface area contributed by atoms with Crippen molar-refractivity contribution < 1.29 is 19.8 Å². The van der Waals surface area contributed by atoms with Crippen molar-refractivity contribution in [2.75, 3.05) is 0 Å². The fourth-order valence-electron chi connectivity index (χ4n) is 7.06. The van der Waals surface area contributed by atoms with Gasteiger partial charge in [0.05, 0.1) is 11.1 Å². The highest BCUT2D eigenvalue weighted by Gasteiger charge is 2.61. The summed E-state index contributed by atoms with van der Waals surface area (Å²) in [5.41, 5.74) is 2.96. The Morgan fingerprint density at radius 3 is 2.12 bits per heavy atom. The third-order valence-electron chi connectivity index (χ3n) is 8.71. The normalized spacial score (nSPS) is 29.2. The topological polar surface area (TPSA) is 74.6 Å². The van der Waals surface area contributed by atoms with Gasteiger partial charge in [-0.2, -0.15) is 0 Å². The Labute approximate surface area is 188 Å². The monoisotopic (exact) mass is 428 g/mol. The summed E-state index contributed by atoms with van der Waals surface area (Å²) in [4.78, 5) is 22.7. The van der Waals surface area contributed by atoms with Crippen molar-refractivity contribution in [2.45, 2.75) is 51.4 Å². The molecule has 2 aromatic rings. The lowest BCUT2D eigenvalue weighted by atomic mass is 9.38. The predicted molar refractivity (Wildman–Crippen MR) is 122 cm³/mol. The largest absolute Gasteiger partial charge is 0.478 e. The molecule has 0 aliphatic heterocycles. The van der Waals surface area contributed by atoms with Crippen LogP contribution >= 0.6 is 0 Å². The summed E-state index contributed by atoms with van der Waals surface area (Å²) in [5.74, 6) is 6.19. The van der Waals surface area contributed by atoms with Crippen LogP contribution in [0.4, 0.5) is 0 Å². The molecule has 0 spiro atoms. The molecule has 0 aromatic heterocycles. The quantitative estimate of drug-likeness (QED) is 0.625. The van der Waals surface area contributed by atoms with Crippen LogP contribution in [0.2, 0.25) is 0 Å². The van der Waals surface area contributed by atoms with E-state index in [4.69, 9.17) is 5.11 Å². The Hall–Kier alpha value is -3.06. The second kappa shape index (κ2) is 7.24.